The molecule has 2 N–H and O–H groups in total. The molecule has 0 saturated carbocycles. The second-order valence-corrected chi connectivity index (χ2v) is 8.70. The van der Waals surface area contributed by atoms with E-state index in [0.29, 0.717) is 11.4 Å². The number of aryl methyl sites for hydroxylation is 1. The maximum atomic E-state index is 13.4. The third-order valence-electron chi connectivity index (χ3n) is 4.86. The number of nitrogens with zero attached hydrogens (tertiary/aromatic N) is 6. The SMILES string of the molecule is CCCC(NC(=O)c1cc(C(C)C)nc2c1c(C)nn2C(C)(C)C)c1nn[nH]n1. The lowest BCUT2D eigenvalue weighted by Crippen LogP contribution is -2.30. The highest BCUT2D eigenvalue weighted by Gasteiger charge is 2.27. The van der Waals surface area contributed by atoms with E-state index in [2.05, 4.69) is 67.5 Å². The van der Waals surface area contributed by atoms with Crippen LogP contribution in [0.15, 0.2) is 6.07 Å². The van der Waals surface area contributed by atoms with Crippen molar-refractivity contribution in [3.63, 3.8) is 0 Å². The van der Waals surface area contributed by atoms with Crippen molar-refractivity contribution in [1.82, 2.24) is 40.7 Å². The quantitative estimate of drug-likeness (QED) is 0.658. The molecule has 29 heavy (non-hydrogen) atoms. The first-order valence-electron chi connectivity index (χ1n) is 10.1. The Balaban J connectivity index is 2.12. The smallest absolute Gasteiger partial charge is 0.252 e. The van der Waals surface area contributed by atoms with E-state index in [4.69, 9.17) is 10.1 Å². The van der Waals surface area contributed by atoms with Crippen molar-refractivity contribution < 1.29 is 4.79 Å². The van der Waals surface area contributed by atoms with E-state index in [1.165, 1.54) is 0 Å². The van der Waals surface area contributed by atoms with E-state index in [-0.39, 0.29) is 23.4 Å². The van der Waals surface area contributed by atoms with Gasteiger partial charge < -0.3 is 5.32 Å². The van der Waals surface area contributed by atoms with Gasteiger partial charge in [-0.3, -0.25) is 4.79 Å². The van der Waals surface area contributed by atoms with Gasteiger partial charge in [0.25, 0.3) is 5.91 Å². The zero-order valence-corrected chi connectivity index (χ0v) is 18.2. The molecule has 0 spiro atoms. The van der Waals surface area contributed by atoms with Gasteiger partial charge in [0, 0.05) is 5.69 Å². The number of amides is 1. The lowest BCUT2D eigenvalue weighted by Gasteiger charge is -2.21. The number of hydrogen-bond donors (Lipinski definition) is 2. The Bertz CT molecular complexity index is 998. The fraction of sp³-hybridized carbons (Fsp3) is 0.600. The highest BCUT2D eigenvalue weighted by atomic mass is 16.1. The van der Waals surface area contributed by atoms with Crippen LogP contribution in [0.4, 0.5) is 0 Å². The Morgan fingerprint density at radius 2 is 2.03 bits per heavy atom. The van der Waals surface area contributed by atoms with Crippen molar-refractivity contribution in [3.05, 3.63) is 28.8 Å². The monoisotopic (exact) mass is 398 g/mol. The Hall–Kier alpha value is -2.84. The molecule has 0 saturated heterocycles. The van der Waals surface area contributed by atoms with E-state index >= 15 is 0 Å². The van der Waals surface area contributed by atoms with E-state index < -0.39 is 0 Å². The fourth-order valence-electron chi connectivity index (χ4n) is 3.36. The number of aromatic amines is 1. The van der Waals surface area contributed by atoms with Gasteiger partial charge in [0.05, 0.1) is 28.2 Å². The van der Waals surface area contributed by atoms with Crippen LogP contribution in [0.3, 0.4) is 0 Å². The molecule has 0 fully saturated rings. The number of nitrogens with one attached hydrogen (secondary N) is 2. The molecule has 0 radical (unpaired) electrons. The van der Waals surface area contributed by atoms with Crippen molar-refractivity contribution in [2.24, 2.45) is 0 Å². The number of carbonyl (C=O) groups excluding carboxylic acids is 1. The van der Waals surface area contributed by atoms with Crippen molar-refractivity contribution in [3.8, 4) is 0 Å². The molecule has 156 valence electrons. The third-order valence-corrected chi connectivity index (χ3v) is 4.86. The van der Waals surface area contributed by atoms with Gasteiger partial charge in [0.15, 0.2) is 11.5 Å². The largest absolute Gasteiger partial charge is 0.342 e. The Kier molecular flexibility index (Phi) is 5.68. The Labute approximate surface area is 170 Å². The first-order chi connectivity index (χ1) is 13.6. The van der Waals surface area contributed by atoms with Gasteiger partial charge in [0.1, 0.15) is 0 Å². The topological polar surface area (TPSA) is 114 Å². The van der Waals surface area contributed by atoms with Gasteiger partial charge in [0.2, 0.25) is 0 Å². The zero-order valence-electron chi connectivity index (χ0n) is 18.2. The van der Waals surface area contributed by atoms with Crippen LogP contribution in [-0.4, -0.2) is 41.3 Å². The molecule has 0 aromatic carbocycles. The summed E-state index contributed by atoms with van der Waals surface area (Å²) in [5.41, 5.74) is 2.71. The van der Waals surface area contributed by atoms with Crippen molar-refractivity contribution in [1.29, 1.82) is 0 Å². The third kappa shape index (κ3) is 4.13. The summed E-state index contributed by atoms with van der Waals surface area (Å²) in [6.07, 6.45) is 1.60. The minimum atomic E-state index is -0.310. The molecule has 0 aliphatic carbocycles. The summed E-state index contributed by atoms with van der Waals surface area (Å²) in [5, 5.41) is 22.8. The summed E-state index contributed by atoms with van der Waals surface area (Å²) < 4.78 is 1.91. The summed E-state index contributed by atoms with van der Waals surface area (Å²) in [6, 6.07) is 1.57. The van der Waals surface area contributed by atoms with Crippen molar-refractivity contribution in [2.75, 3.05) is 0 Å². The molecule has 3 rings (SSSR count). The fourth-order valence-corrected chi connectivity index (χ4v) is 3.36. The molecular formula is C20H30N8O. The number of rotatable bonds is 6. The summed E-state index contributed by atoms with van der Waals surface area (Å²) in [5.74, 6) is 0.481. The van der Waals surface area contributed by atoms with Crippen molar-refractivity contribution in [2.45, 2.75) is 78.8 Å². The van der Waals surface area contributed by atoms with Gasteiger partial charge in [-0.2, -0.15) is 10.3 Å². The average molecular weight is 399 g/mol. The van der Waals surface area contributed by atoms with Crippen molar-refractivity contribution >= 4 is 16.9 Å². The Morgan fingerprint density at radius 3 is 2.59 bits per heavy atom. The number of H-pyrrole nitrogens is 1. The summed E-state index contributed by atoms with van der Waals surface area (Å²) in [4.78, 5) is 18.2. The molecule has 9 nitrogen and oxygen atoms in total. The minimum absolute atomic E-state index is 0.179. The van der Waals surface area contributed by atoms with Crippen LogP contribution < -0.4 is 5.32 Å². The lowest BCUT2D eigenvalue weighted by atomic mass is 10.0. The van der Waals surface area contributed by atoms with Gasteiger partial charge in [-0.25, -0.2) is 9.67 Å². The van der Waals surface area contributed by atoms with Crippen LogP contribution >= 0.6 is 0 Å². The van der Waals surface area contributed by atoms with Gasteiger partial charge in [-0.15, -0.1) is 10.2 Å². The molecule has 0 aliphatic rings. The predicted molar refractivity (Wildman–Crippen MR) is 111 cm³/mol. The molecule has 1 amide bonds. The van der Waals surface area contributed by atoms with Crippen LogP contribution in [0.25, 0.3) is 11.0 Å². The maximum Gasteiger partial charge on any atom is 0.252 e. The molecule has 3 heterocycles. The van der Waals surface area contributed by atoms with Gasteiger partial charge >= 0.3 is 0 Å². The first-order valence-corrected chi connectivity index (χ1v) is 10.1. The van der Waals surface area contributed by atoms with E-state index in [1.54, 1.807) is 0 Å². The zero-order chi connectivity index (χ0) is 21.3. The van der Waals surface area contributed by atoms with Crippen LogP contribution in [0.5, 0.6) is 0 Å². The second-order valence-electron chi connectivity index (χ2n) is 8.70. The molecule has 3 aromatic rings. The normalized spacial score (nSPS) is 13.2. The molecule has 0 bridgehead atoms. The number of tetrazole rings is 1. The molecule has 1 atom stereocenters. The van der Waals surface area contributed by atoms with E-state index in [9.17, 15) is 4.79 Å². The molecule has 3 aromatic heterocycles. The summed E-state index contributed by atoms with van der Waals surface area (Å²) in [7, 11) is 0. The molecule has 0 aliphatic heterocycles. The first kappa shape index (κ1) is 20.9. The van der Waals surface area contributed by atoms with Crippen LogP contribution in [0.1, 0.15) is 93.9 Å². The lowest BCUT2D eigenvalue weighted by molar-refractivity contribution is 0.0934. The maximum absolute atomic E-state index is 13.4. The van der Waals surface area contributed by atoms with E-state index in [1.807, 2.05) is 17.7 Å². The standard InChI is InChI=1S/C20H30N8O/c1-8-9-14(17-23-26-27-24-17)22-19(29)13-10-15(11(2)3)21-18-16(13)12(4)25-28(18)20(5,6)7/h10-11,14H,8-9H2,1-7H3,(H,22,29)(H,23,24,26,27). The number of carbonyl (C=O) groups is 1. The van der Waals surface area contributed by atoms with Gasteiger partial charge in [-0.05, 0) is 46.1 Å². The van der Waals surface area contributed by atoms with Crippen LogP contribution in [0.2, 0.25) is 0 Å². The minimum Gasteiger partial charge on any atom is -0.342 e. The molecule has 9 heteroatoms. The number of aromatic nitrogens is 7. The van der Waals surface area contributed by atoms with E-state index in [0.717, 1.165) is 35.3 Å². The van der Waals surface area contributed by atoms with Gasteiger partial charge in [-0.1, -0.05) is 32.4 Å². The van der Waals surface area contributed by atoms with Crippen LogP contribution in [-0.2, 0) is 5.54 Å². The second kappa shape index (κ2) is 7.88. The molecular weight excluding hydrogens is 368 g/mol. The number of hydrogen-bond acceptors (Lipinski definition) is 6. The summed E-state index contributed by atoms with van der Waals surface area (Å²) in [6.45, 7) is 14.3. The summed E-state index contributed by atoms with van der Waals surface area (Å²) >= 11 is 0. The van der Waals surface area contributed by atoms with Crippen LogP contribution in [0, 0.1) is 6.92 Å². The predicted octanol–water partition coefficient (Wildman–Crippen LogP) is 3.40. The Morgan fingerprint density at radius 1 is 1.31 bits per heavy atom. The highest BCUT2D eigenvalue weighted by Crippen LogP contribution is 2.29. The molecule has 1 unspecified atom stereocenters. The average Bonchev–Trinajstić information content (AvgIpc) is 3.28. The number of fused-ring (bicyclic) bond motifs is 1. The number of pyridine rings is 1. The highest BCUT2D eigenvalue weighted by molar-refractivity contribution is 6.06.